The second kappa shape index (κ2) is 13.7. The predicted octanol–water partition coefficient (Wildman–Crippen LogP) is 16.5. The van der Waals surface area contributed by atoms with E-state index in [-0.39, 0.29) is 5.41 Å². The Labute approximate surface area is 370 Å². The Kier molecular flexibility index (Phi) is 7.82. The highest BCUT2D eigenvalue weighted by Crippen LogP contribution is 2.51. The third kappa shape index (κ3) is 5.45. The Morgan fingerprint density at radius 3 is 1.89 bits per heavy atom. The lowest BCUT2D eigenvalue weighted by atomic mass is 9.82. The standard InChI is InChI=1S/C59H41N3S/c1-59(2)52-19-11-9-17-45(52)46-30-29-44(35-53(46)59)61(41-23-21-39(22-24-41)38-13-5-3-6-14-38)42-25-27-43(28-26-42)62-55-37-57-51(47-18-10-12-20-56(47)63-57)36-50(55)48-31-32-54-49(58(48)62)33-34-60(54)40-15-7-4-8-16-40/h3-37H,1-2H3. The molecule has 1 aliphatic carbocycles. The SMILES string of the molecule is CC1(C)c2ccccc2-c2ccc(N(c3ccc(-c4ccccc4)cc3)c3ccc(-n4c5cc6sc7ccccc7c6cc5c5ccc6c(ccn6-c6ccccc6)c54)cc3)cc21. The number of para-hydroxylation sites is 1. The molecule has 0 N–H and O–H groups in total. The Morgan fingerprint density at radius 2 is 1.08 bits per heavy atom. The number of aromatic nitrogens is 2. The van der Waals surface area contributed by atoms with Crippen LogP contribution in [-0.2, 0) is 5.41 Å². The monoisotopic (exact) mass is 823 g/mol. The first-order valence-electron chi connectivity index (χ1n) is 21.7. The molecular formula is C59H41N3S. The molecule has 0 spiro atoms. The Morgan fingerprint density at radius 1 is 0.413 bits per heavy atom. The fraction of sp³-hybridized carbons (Fsp3) is 0.0508. The summed E-state index contributed by atoms with van der Waals surface area (Å²) in [5, 5.41) is 6.38. The van der Waals surface area contributed by atoms with E-state index in [1.165, 1.54) is 86.3 Å². The Hall–Kier alpha value is -7.66. The van der Waals surface area contributed by atoms with E-state index in [4.69, 9.17) is 0 Å². The molecule has 12 aromatic rings. The Bertz CT molecular complexity index is 3740. The third-order valence-electron chi connectivity index (χ3n) is 13.6. The van der Waals surface area contributed by atoms with Gasteiger partial charge in [0.15, 0.2) is 0 Å². The molecule has 1 aliphatic rings. The van der Waals surface area contributed by atoms with Gasteiger partial charge in [0.25, 0.3) is 0 Å². The summed E-state index contributed by atoms with van der Waals surface area (Å²) in [5.41, 5.74) is 17.0. The molecule has 0 amide bonds. The van der Waals surface area contributed by atoms with Crippen LogP contribution >= 0.6 is 11.3 Å². The van der Waals surface area contributed by atoms with Gasteiger partial charge in [-0.25, -0.2) is 0 Å². The molecule has 9 aromatic carbocycles. The molecule has 0 radical (unpaired) electrons. The zero-order chi connectivity index (χ0) is 41.8. The van der Waals surface area contributed by atoms with Gasteiger partial charge in [0.1, 0.15) is 0 Å². The molecule has 63 heavy (non-hydrogen) atoms. The van der Waals surface area contributed by atoms with E-state index in [0.29, 0.717) is 0 Å². The third-order valence-corrected chi connectivity index (χ3v) is 14.7. The van der Waals surface area contributed by atoms with Crippen molar-refractivity contribution in [3.63, 3.8) is 0 Å². The predicted molar refractivity (Wildman–Crippen MR) is 268 cm³/mol. The maximum absolute atomic E-state index is 2.50. The van der Waals surface area contributed by atoms with E-state index in [2.05, 4.69) is 240 Å². The second-order valence-electron chi connectivity index (χ2n) is 17.4. The van der Waals surface area contributed by atoms with E-state index < -0.39 is 0 Å². The molecule has 4 heteroatoms. The average Bonchev–Trinajstić information content (AvgIpc) is 4.08. The van der Waals surface area contributed by atoms with Crippen LogP contribution in [0.5, 0.6) is 0 Å². The van der Waals surface area contributed by atoms with E-state index in [0.717, 1.165) is 28.4 Å². The highest BCUT2D eigenvalue weighted by atomic mass is 32.1. The number of anilines is 3. The van der Waals surface area contributed by atoms with E-state index in [1.54, 1.807) is 0 Å². The highest BCUT2D eigenvalue weighted by molar-refractivity contribution is 7.25. The van der Waals surface area contributed by atoms with Crippen LogP contribution in [0.25, 0.3) is 86.5 Å². The van der Waals surface area contributed by atoms with E-state index >= 15 is 0 Å². The van der Waals surface area contributed by atoms with Crippen molar-refractivity contribution in [2.45, 2.75) is 19.3 Å². The van der Waals surface area contributed by atoms with E-state index in [1.807, 2.05) is 11.3 Å². The summed E-state index contributed by atoms with van der Waals surface area (Å²) in [6.45, 7) is 4.72. The lowest BCUT2D eigenvalue weighted by Crippen LogP contribution is -2.16. The topological polar surface area (TPSA) is 13.1 Å². The molecule has 0 unspecified atom stereocenters. The minimum atomic E-state index is -0.115. The number of hydrogen-bond donors (Lipinski definition) is 0. The fourth-order valence-electron chi connectivity index (χ4n) is 10.5. The maximum atomic E-state index is 2.50. The van der Waals surface area contributed by atoms with Gasteiger partial charge in [-0.1, -0.05) is 129 Å². The van der Waals surface area contributed by atoms with Gasteiger partial charge in [-0.3, -0.25) is 0 Å². The number of hydrogen-bond acceptors (Lipinski definition) is 2. The van der Waals surface area contributed by atoms with Gasteiger partial charge < -0.3 is 14.0 Å². The summed E-state index contributed by atoms with van der Waals surface area (Å²) in [7, 11) is 0. The lowest BCUT2D eigenvalue weighted by molar-refractivity contribution is 0.660. The number of benzene rings is 9. The van der Waals surface area contributed by atoms with Gasteiger partial charge >= 0.3 is 0 Å². The van der Waals surface area contributed by atoms with Crippen molar-refractivity contribution in [1.82, 2.24) is 9.13 Å². The molecule has 0 bridgehead atoms. The van der Waals surface area contributed by atoms with Gasteiger partial charge in [-0.05, 0) is 124 Å². The van der Waals surface area contributed by atoms with Crippen molar-refractivity contribution in [2.24, 2.45) is 0 Å². The van der Waals surface area contributed by atoms with Gasteiger partial charge in [-0.15, -0.1) is 11.3 Å². The molecule has 0 aliphatic heterocycles. The smallest absolute Gasteiger partial charge is 0.0635 e. The molecule has 0 saturated carbocycles. The van der Waals surface area contributed by atoms with Crippen molar-refractivity contribution < 1.29 is 0 Å². The first kappa shape index (κ1) is 36.0. The zero-order valence-corrected chi connectivity index (χ0v) is 35.8. The lowest BCUT2D eigenvalue weighted by Gasteiger charge is -2.28. The number of nitrogens with zero attached hydrogens (tertiary/aromatic N) is 3. The second-order valence-corrected chi connectivity index (χ2v) is 18.5. The minimum absolute atomic E-state index is 0.115. The van der Waals surface area contributed by atoms with Crippen molar-refractivity contribution in [2.75, 3.05) is 4.90 Å². The van der Waals surface area contributed by atoms with Crippen LogP contribution in [0.4, 0.5) is 17.1 Å². The van der Waals surface area contributed by atoms with E-state index in [9.17, 15) is 0 Å². The number of thiophene rings is 1. The average molecular weight is 824 g/mol. The first-order valence-corrected chi connectivity index (χ1v) is 22.6. The fourth-order valence-corrected chi connectivity index (χ4v) is 11.6. The Balaban J connectivity index is 1.01. The maximum Gasteiger partial charge on any atom is 0.0635 e. The first-order chi connectivity index (χ1) is 31.0. The highest BCUT2D eigenvalue weighted by Gasteiger charge is 2.35. The largest absolute Gasteiger partial charge is 0.316 e. The summed E-state index contributed by atoms with van der Waals surface area (Å²) < 4.78 is 7.43. The minimum Gasteiger partial charge on any atom is -0.316 e. The molecule has 3 aromatic heterocycles. The summed E-state index contributed by atoms with van der Waals surface area (Å²) in [5.74, 6) is 0. The van der Waals surface area contributed by atoms with Crippen molar-refractivity contribution >= 4 is 81.3 Å². The zero-order valence-electron chi connectivity index (χ0n) is 35.0. The normalized spacial score (nSPS) is 13.0. The van der Waals surface area contributed by atoms with Gasteiger partial charge in [0, 0.05) is 76.4 Å². The van der Waals surface area contributed by atoms with Gasteiger partial charge in [0.2, 0.25) is 0 Å². The summed E-state index contributed by atoms with van der Waals surface area (Å²) in [6.07, 6.45) is 2.22. The van der Waals surface area contributed by atoms with Crippen LogP contribution < -0.4 is 4.90 Å². The number of fused-ring (bicyclic) bond motifs is 11. The quantitative estimate of drug-likeness (QED) is 0.163. The molecule has 0 saturated heterocycles. The van der Waals surface area contributed by atoms with Gasteiger partial charge in [-0.2, -0.15) is 0 Å². The molecule has 3 heterocycles. The van der Waals surface area contributed by atoms with Crippen LogP contribution in [-0.4, -0.2) is 9.13 Å². The van der Waals surface area contributed by atoms with Crippen molar-refractivity contribution in [3.8, 4) is 33.6 Å². The molecule has 0 atom stereocenters. The molecule has 0 fully saturated rings. The van der Waals surface area contributed by atoms with Crippen LogP contribution in [0.2, 0.25) is 0 Å². The molecule has 298 valence electrons. The van der Waals surface area contributed by atoms with Gasteiger partial charge in [0.05, 0.1) is 16.6 Å². The molecule has 13 rings (SSSR count). The van der Waals surface area contributed by atoms with Crippen molar-refractivity contribution in [3.05, 3.63) is 224 Å². The summed E-state index contributed by atoms with van der Waals surface area (Å²) in [6, 6.07) is 76.1. The number of rotatable bonds is 6. The molecule has 3 nitrogen and oxygen atoms in total. The van der Waals surface area contributed by atoms with Crippen LogP contribution in [0.15, 0.2) is 212 Å². The van der Waals surface area contributed by atoms with Crippen LogP contribution in [0, 0.1) is 0 Å². The molecular weight excluding hydrogens is 783 g/mol. The van der Waals surface area contributed by atoms with Crippen molar-refractivity contribution in [1.29, 1.82) is 0 Å². The van der Waals surface area contributed by atoms with Crippen LogP contribution in [0.3, 0.4) is 0 Å². The summed E-state index contributed by atoms with van der Waals surface area (Å²) in [4.78, 5) is 2.42. The van der Waals surface area contributed by atoms with Crippen LogP contribution in [0.1, 0.15) is 25.0 Å². The summed E-state index contributed by atoms with van der Waals surface area (Å²) >= 11 is 1.88.